The summed E-state index contributed by atoms with van der Waals surface area (Å²) in [5.74, 6) is 0.697. The Morgan fingerprint density at radius 1 is 1.33 bits per heavy atom. The Hall–Kier alpha value is -1.90. The summed E-state index contributed by atoms with van der Waals surface area (Å²) in [4.78, 5) is 14.0. The molecule has 7 heteroatoms. The van der Waals surface area contributed by atoms with Gasteiger partial charge in [-0.2, -0.15) is 4.98 Å². The lowest BCUT2D eigenvalue weighted by atomic mass is 10.3. The number of hydrogen-bond donors (Lipinski definition) is 1. The average molecular weight is 357 g/mol. The number of nitrogen functional groups attached to an aromatic ring is 1. The third kappa shape index (κ3) is 3.06. The second kappa shape index (κ2) is 5.17. The SMILES string of the molecule is Nc1cc([N+](=O)[O-])cc(Oc2cccc(I)c2)n1. The van der Waals surface area contributed by atoms with Gasteiger partial charge in [0.1, 0.15) is 11.6 Å². The van der Waals surface area contributed by atoms with Crippen LogP contribution >= 0.6 is 22.6 Å². The molecule has 1 heterocycles. The molecular formula is C11H8IN3O3. The molecule has 0 saturated carbocycles. The van der Waals surface area contributed by atoms with Crippen molar-refractivity contribution in [3.63, 3.8) is 0 Å². The van der Waals surface area contributed by atoms with Gasteiger partial charge in [-0.25, -0.2) is 0 Å². The summed E-state index contributed by atoms with van der Waals surface area (Å²) in [7, 11) is 0. The van der Waals surface area contributed by atoms with E-state index in [0.29, 0.717) is 5.75 Å². The molecule has 6 nitrogen and oxygen atoms in total. The van der Waals surface area contributed by atoms with Gasteiger partial charge in [0.2, 0.25) is 5.88 Å². The van der Waals surface area contributed by atoms with Crippen LogP contribution in [-0.2, 0) is 0 Å². The largest absolute Gasteiger partial charge is 0.439 e. The molecule has 2 rings (SSSR count). The van der Waals surface area contributed by atoms with Gasteiger partial charge in [0.15, 0.2) is 0 Å². The maximum Gasteiger partial charge on any atom is 0.278 e. The highest BCUT2D eigenvalue weighted by atomic mass is 127. The molecule has 92 valence electrons. The lowest BCUT2D eigenvalue weighted by Gasteiger charge is -2.05. The van der Waals surface area contributed by atoms with Crippen molar-refractivity contribution >= 4 is 34.1 Å². The minimum Gasteiger partial charge on any atom is -0.439 e. The summed E-state index contributed by atoms with van der Waals surface area (Å²) in [6.45, 7) is 0. The van der Waals surface area contributed by atoms with Crippen molar-refractivity contribution in [2.24, 2.45) is 0 Å². The van der Waals surface area contributed by atoms with Crippen LogP contribution < -0.4 is 10.5 Å². The number of ether oxygens (including phenoxy) is 1. The molecule has 0 aliphatic heterocycles. The molecule has 0 bridgehead atoms. The highest BCUT2D eigenvalue weighted by Gasteiger charge is 2.11. The zero-order valence-electron chi connectivity index (χ0n) is 9.04. The van der Waals surface area contributed by atoms with Crippen molar-refractivity contribution in [1.82, 2.24) is 4.98 Å². The fourth-order valence-electron chi connectivity index (χ4n) is 1.32. The Kier molecular flexibility index (Phi) is 3.60. The van der Waals surface area contributed by atoms with Crippen molar-refractivity contribution in [1.29, 1.82) is 0 Å². The predicted molar refractivity (Wildman–Crippen MR) is 74.5 cm³/mol. The Balaban J connectivity index is 2.31. The lowest BCUT2D eigenvalue weighted by molar-refractivity contribution is -0.384. The molecule has 18 heavy (non-hydrogen) atoms. The second-order valence-electron chi connectivity index (χ2n) is 3.40. The van der Waals surface area contributed by atoms with Crippen LogP contribution in [0, 0.1) is 13.7 Å². The minimum atomic E-state index is -0.542. The Morgan fingerprint density at radius 2 is 2.11 bits per heavy atom. The first-order valence-corrected chi connectivity index (χ1v) is 5.98. The van der Waals surface area contributed by atoms with E-state index >= 15 is 0 Å². The van der Waals surface area contributed by atoms with Crippen LogP contribution in [-0.4, -0.2) is 9.91 Å². The zero-order chi connectivity index (χ0) is 13.1. The number of benzene rings is 1. The first kappa shape index (κ1) is 12.6. The van der Waals surface area contributed by atoms with Crippen LogP contribution in [0.4, 0.5) is 11.5 Å². The van der Waals surface area contributed by atoms with Crippen molar-refractivity contribution in [3.8, 4) is 11.6 Å². The number of nitro groups is 1. The van der Waals surface area contributed by atoms with Gasteiger partial charge in [-0.3, -0.25) is 10.1 Å². The van der Waals surface area contributed by atoms with Gasteiger partial charge in [0.25, 0.3) is 5.69 Å². The Bertz CT molecular complexity index is 604. The first-order valence-electron chi connectivity index (χ1n) is 4.90. The zero-order valence-corrected chi connectivity index (χ0v) is 11.2. The normalized spacial score (nSPS) is 10.1. The van der Waals surface area contributed by atoms with E-state index in [1.807, 2.05) is 12.1 Å². The quantitative estimate of drug-likeness (QED) is 0.518. The minimum absolute atomic E-state index is 0.0461. The van der Waals surface area contributed by atoms with Gasteiger partial charge in [0, 0.05) is 3.57 Å². The molecule has 0 fully saturated rings. The van der Waals surface area contributed by atoms with E-state index in [0.717, 1.165) is 3.57 Å². The fourth-order valence-corrected chi connectivity index (χ4v) is 1.83. The van der Waals surface area contributed by atoms with E-state index in [1.165, 1.54) is 12.1 Å². The van der Waals surface area contributed by atoms with Crippen LogP contribution in [0.5, 0.6) is 11.6 Å². The van der Waals surface area contributed by atoms with Crippen LogP contribution in [0.15, 0.2) is 36.4 Å². The third-order valence-electron chi connectivity index (χ3n) is 2.04. The molecule has 1 aromatic heterocycles. The fraction of sp³-hybridized carbons (Fsp3) is 0. The summed E-state index contributed by atoms with van der Waals surface area (Å²) in [5, 5.41) is 10.7. The molecule has 2 N–H and O–H groups in total. The summed E-state index contributed by atoms with van der Waals surface area (Å²) in [5.41, 5.74) is 5.33. The molecular weight excluding hydrogens is 349 g/mol. The Labute approximate surface area is 116 Å². The standard InChI is InChI=1S/C11H8IN3O3/c12-7-2-1-3-9(4-7)18-11-6-8(15(16)17)5-10(13)14-11/h1-6H,(H2,13,14). The topological polar surface area (TPSA) is 91.3 Å². The molecule has 0 radical (unpaired) electrons. The molecule has 0 aliphatic rings. The van der Waals surface area contributed by atoms with Crippen LogP contribution in [0.25, 0.3) is 0 Å². The number of aromatic nitrogens is 1. The third-order valence-corrected chi connectivity index (χ3v) is 2.71. The van der Waals surface area contributed by atoms with Crippen LogP contribution in [0.3, 0.4) is 0 Å². The predicted octanol–water partition coefficient (Wildman–Crippen LogP) is 2.97. The molecule has 0 atom stereocenters. The van der Waals surface area contributed by atoms with Gasteiger partial charge in [-0.15, -0.1) is 0 Å². The van der Waals surface area contributed by atoms with E-state index < -0.39 is 4.92 Å². The lowest BCUT2D eigenvalue weighted by Crippen LogP contribution is -1.97. The maximum absolute atomic E-state index is 10.7. The monoisotopic (exact) mass is 357 g/mol. The number of nitrogens with two attached hydrogens (primary N) is 1. The van der Waals surface area contributed by atoms with Crippen molar-refractivity contribution in [2.45, 2.75) is 0 Å². The molecule has 0 saturated heterocycles. The number of anilines is 1. The Morgan fingerprint density at radius 3 is 2.78 bits per heavy atom. The van der Waals surface area contributed by atoms with Gasteiger partial charge in [0.05, 0.1) is 17.1 Å². The van der Waals surface area contributed by atoms with Crippen molar-refractivity contribution in [3.05, 3.63) is 50.1 Å². The van der Waals surface area contributed by atoms with Crippen LogP contribution in [0.1, 0.15) is 0 Å². The van der Waals surface area contributed by atoms with E-state index in [4.69, 9.17) is 10.5 Å². The number of pyridine rings is 1. The van der Waals surface area contributed by atoms with E-state index in [2.05, 4.69) is 27.6 Å². The summed E-state index contributed by atoms with van der Waals surface area (Å²) >= 11 is 2.14. The van der Waals surface area contributed by atoms with Crippen molar-refractivity contribution < 1.29 is 9.66 Å². The molecule has 0 unspecified atom stereocenters. The van der Waals surface area contributed by atoms with Gasteiger partial charge in [-0.1, -0.05) is 6.07 Å². The van der Waals surface area contributed by atoms with Gasteiger partial charge in [-0.05, 0) is 40.8 Å². The summed E-state index contributed by atoms with van der Waals surface area (Å²) < 4.78 is 6.42. The van der Waals surface area contributed by atoms with Crippen LogP contribution in [0.2, 0.25) is 0 Å². The highest BCUT2D eigenvalue weighted by Crippen LogP contribution is 2.26. The molecule has 2 aromatic rings. The van der Waals surface area contributed by atoms with E-state index in [1.54, 1.807) is 12.1 Å². The maximum atomic E-state index is 10.7. The highest BCUT2D eigenvalue weighted by molar-refractivity contribution is 14.1. The van der Waals surface area contributed by atoms with E-state index in [-0.39, 0.29) is 17.4 Å². The molecule has 1 aromatic carbocycles. The summed E-state index contributed by atoms with van der Waals surface area (Å²) in [6, 6.07) is 9.66. The van der Waals surface area contributed by atoms with E-state index in [9.17, 15) is 10.1 Å². The number of hydrogen-bond acceptors (Lipinski definition) is 5. The van der Waals surface area contributed by atoms with Gasteiger partial charge >= 0.3 is 0 Å². The summed E-state index contributed by atoms with van der Waals surface area (Å²) in [6.07, 6.45) is 0. The first-order chi connectivity index (χ1) is 8.54. The number of rotatable bonds is 3. The number of halogens is 1. The molecule has 0 spiro atoms. The molecule has 0 aliphatic carbocycles. The number of nitrogens with zero attached hydrogens (tertiary/aromatic N) is 2. The van der Waals surface area contributed by atoms with Gasteiger partial charge < -0.3 is 10.5 Å². The van der Waals surface area contributed by atoms with Crippen molar-refractivity contribution in [2.75, 3.05) is 5.73 Å². The molecule has 0 amide bonds. The second-order valence-corrected chi connectivity index (χ2v) is 4.65. The average Bonchev–Trinajstić information content (AvgIpc) is 2.28. The smallest absolute Gasteiger partial charge is 0.278 e.